The molecule has 3 rings (SSSR count). The Hall–Kier alpha value is -2.60. The molecule has 3 aromatic rings. The minimum atomic E-state index is -1.03. The van der Waals surface area contributed by atoms with E-state index in [0.717, 1.165) is 16.8 Å². The molecule has 2 N–H and O–H groups in total. The number of nitrogens with one attached hydrogen (secondary N) is 1. The van der Waals surface area contributed by atoms with Gasteiger partial charge in [0.2, 0.25) is 0 Å². The number of hydrogen-bond acceptors (Lipinski definition) is 3. The quantitative estimate of drug-likeness (QED) is 0.745. The van der Waals surface area contributed by atoms with Gasteiger partial charge >= 0.3 is 5.97 Å². The first-order valence-electron chi connectivity index (χ1n) is 7.95. The highest BCUT2D eigenvalue weighted by Crippen LogP contribution is 2.27. The van der Waals surface area contributed by atoms with E-state index in [0.29, 0.717) is 22.8 Å². The van der Waals surface area contributed by atoms with Gasteiger partial charge in [0.15, 0.2) is 5.65 Å². The molecule has 0 aliphatic heterocycles. The van der Waals surface area contributed by atoms with Crippen molar-refractivity contribution in [3.05, 3.63) is 56.5 Å². The van der Waals surface area contributed by atoms with Gasteiger partial charge in [-0.25, -0.2) is 9.50 Å². The molecular formula is C18H18ClN3O3. The van der Waals surface area contributed by atoms with Crippen LogP contribution < -0.4 is 5.56 Å². The Balaban J connectivity index is 2.31. The third kappa shape index (κ3) is 2.82. The number of carbonyl (C=O) groups is 1. The predicted molar refractivity (Wildman–Crippen MR) is 96.4 cm³/mol. The van der Waals surface area contributed by atoms with Crippen molar-refractivity contribution in [3.63, 3.8) is 0 Å². The molecule has 0 spiro atoms. The van der Waals surface area contributed by atoms with Crippen LogP contribution in [0.25, 0.3) is 16.9 Å². The van der Waals surface area contributed by atoms with Crippen molar-refractivity contribution in [2.45, 2.75) is 33.1 Å². The van der Waals surface area contributed by atoms with Gasteiger partial charge in [-0.1, -0.05) is 30.7 Å². The first-order valence-corrected chi connectivity index (χ1v) is 8.33. The molecule has 2 aromatic heterocycles. The first kappa shape index (κ1) is 17.2. The summed E-state index contributed by atoms with van der Waals surface area (Å²) in [7, 11) is 0. The van der Waals surface area contributed by atoms with Crippen molar-refractivity contribution in [1.82, 2.24) is 14.6 Å². The van der Waals surface area contributed by atoms with Gasteiger partial charge in [0, 0.05) is 21.8 Å². The highest BCUT2D eigenvalue weighted by Gasteiger charge is 2.26. The van der Waals surface area contributed by atoms with Crippen LogP contribution in [0.3, 0.4) is 0 Å². The number of hydrogen-bond donors (Lipinski definition) is 2. The SMILES string of the molecule is CCC(C(=O)O)c1c(C)nc2c(C)c(-c3cccc(Cl)c3)[nH]n2c1=O. The number of halogens is 1. The molecule has 6 nitrogen and oxygen atoms in total. The number of carboxylic acids is 1. The Morgan fingerprint density at radius 3 is 2.72 bits per heavy atom. The summed E-state index contributed by atoms with van der Waals surface area (Å²) >= 11 is 6.06. The lowest BCUT2D eigenvalue weighted by atomic mass is 9.96. The molecule has 1 atom stereocenters. The van der Waals surface area contributed by atoms with Crippen LogP contribution in [0.2, 0.25) is 5.02 Å². The molecular weight excluding hydrogens is 342 g/mol. The average molecular weight is 360 g/mol. The number of aliphatic carboxylic acids is 1. The highest BCUT2D eigenvalue weighted by molar-refractivity contribution is 6.30. The molecule has 130 valence electrons. The minimum Gasteiger partial charge on any atom is -0.481 e. The van der Waals surface area contributed by atoms with Gasteiger partial charge in [0.25, 0.3) is 5.56 Å². The van der Waals surface area contributed by atoms with Gasteiger partial charge in [-0.05, 0) is 32.4 Å². The van der Waals surface area contributed by atoms with Gasteiger partial charge in [0.1, 0.15) is 0 Å². The third-order valence-corrected chi connectivity index (χ3v) is 4.65. The molecule has 0 saturated carbocycles. The van der Waals surface area contributed by atoms with Crippen LogP contribution in [0.1, 0.15) is 36.1 Å². The lowest BCUT2D eigenvalue weighted by molar-refractivity contribution is -0.138. The molecule has 1 aromatic carbocycles. The number of aromatic nitrogens is 3. The lowest BCUT2D eigenvalue weighted by Gasteiger charge is -2.12. The molecule has 7 heteroatoms. The predicted octanol–water partition coefficient (Wildman–Crippen LogP) is 3.54. The Morgan fingerprint density at radius 2 is 2.12 bits per heavy atom. The van der Waals surface area contributed by atoms with E-state index in [9.17, 15) is 14.7 Å². The molecule has 0 aliphatic carbocycles. The van der Waals surface area contributed by atoms with E-state index in [4.69, 9.17) is 11.6 Å². The minimum absolute atomic E-state index is 0.214. The second-order valence-corrected chi connectivity index (χ2v) is 6.43. The maximum atomic E-state index is 12.9. The van der Waals surface area contributed by atoms with E-state index in [1.807, 2.05) is 19.1 Å². The van der Waals surface area contributed by atoms with Gasteiger partial charge in [-0.2, -0.15) is 0 Å². The van der Waals surface area contributed by atoms with E-state index in [-0.39, 0.29) is 11.1 Å². The van der Waals surface area contributed by atoms with Crippen LogP contribution in [-0.4, -0.2) is 25.7 Å². The molecule has 0 aliphatic rings. The van der Waals surface area contributed by atoms with Crippen LogP contribution in [-0.2, 0) is 4.79 Å². The first-order chi connectivity index (χ1) is 11.8. The van der Waals surface area contributed by atoms with Gasteiger partial charge in [0.05, 0.1) is 17.2 Å². The zero-order valence-electron chi connectivity index (χ0n) is 14.1. The summed E-state index contributed by atoms with van der Waals surface area (Å²) < 4.78 is 1.32. The number of carboxylic acid groups (broad SMARTS) is 1. The van der Waals surface area contributed by atoms with Crippen molar-refractivity contribution in [2.75, 3.05) is 0 Å². The van der Waals surface area contributed by atoms with Crippen LogP contribution in [0.4, 0.5) is 0 Å². The zero-order chi connectivity index (χ0) is 18.3. The number of nitrogens with zero attached hydrogens (tertiary/aromatic N) is 2. The standard InChI is InChI=1S/C18H18ClN3O3/c1-4-13(18(24)25)14-10(3)20-16-9(2)15(21-22(16)17(14)23)11-6-5-7-12(19)8-11/h5-8,13,21H,4H2,1-3H3,(H,24,25). The molecule has 1 unspecified atom stereocenters. The molecule has 0 saturated heterocycles. The Kier molecular flexibility index (Phi) is 4.39. The van der Waals surface area contributed by atoms with Crippen molar-refractivity contribution < 1.29 is 9.90 Å². The van der Waals surface area contributed by atoms with E-state index in [2.05, 4.69) is 10.1 Å². The summed E-state index contributed by atoms with van der Waals surface area (Å²) in [5.41, 5.74) is 3.13. The number of rotatable bonds is 4. The average Bonchev–Trinajstić information content (AvgIpc) is 2.88. The fraction of sp³-hybridized carbons (Fsp3) is 0.278. The van der Waals surface area contributed by atoms with Crippen molar-refractivity contribution >= 4 is 23.2 Å². The van der Waals surface area contributed by atoms with Crippen LogP contribution in [0.15, 0.2) is 29.1 Å². The number of benzene rings is 1. The van der Waals surface area contributed by atoms with Crippen LogP contribution in [0.5, 0.6) is 0 Å². The normalized spacial score (nSPS) is 12.5. The topological polar surface area (TPSA) is 87.5 Å². The summed E-state index contributed by atoms with van der Waals surface area (Å²) in [5, 5.41) is 13.1. The molecule has 0 radical (unpaired) electrons. The van der Waals surface area contributed by atoms with Crippen molar-refractivity contribution in [3.8, 4) is 11.3 Å². The largest absolute Gasteiger partial charge is 0.481 e. The van der Waals surface area contributed by atoms with Crippen LogP contribution >= 0.6 is 11.6 Å². The highest BCUT2D eigenvalue weighted by atomic mass is 35.5. The maximum absolute atomic E-state index is 12.9. The summed E-state index contributed by atoms with van der Waals surface area (Å²) in [4.78, 5) is 28.9. The number of aromatic amines is 1. The van der Waals surface area contributed by atoms with Gasteiger partial charge in [-0.15, -0.1) is 0 Å². The van der Waals surface area contributed by atoms with E-state index < -0.39 is 11.9 Å². The monoisotopic (exact) mass is 359 g/mol. The second kappa shape index (κ2) is 6.37. The molecule has 2 heterocycles. The molecule has 25 heavy (non-hydrogen) atoms. The van der Waals surface area contributed by atoms with Crippen molar-refractivity contribution in [1.29, 1.82) is 0 Å². The number of fused-ring (bicyclic) bond motifs is 1. The lowest BCUT2D eigenvalue weighted by Crippen LogP contribution is -2.27. The zero-order valence-corrected chi connectivity index (χ0v) is 14.9. The Morgan fingerprint density at radius 1 is 1.40 bits per heavy atom. The fourth-order valence-corrected chi connectivity index (χ4v) is 3.32. The molecule has 0 amide bonds. The summed E-state index contributed by atoms with van der Waals surface area (Å²) in [6.45, 7) is 5.28. The van der Waals surface area contributed by atoms with Crippen LogP contribution in [0, 0.1) is 13.8 Å². The molecule has 0 fully saturated rings. The maximum Gasteiger partial charge on any atom is 0.311 e. The number of H-pyrrole nitrogens is 1. The summed E-state index contributed by atoms with van der Waals surface area (Å²) in [6.07, 6.45) is 0.319. The molecule has 0 bridgehead atoms. The Labute approximate surface area is 149 Å². The third-order valence-electron chi connectivity index (χ3n) is 4.41. The summed E-state index contributed by atoms with van der Waals surface area (Å²) in [5.74, 6) is -1.90. The van der Waals surface area contributed by atoms with Crippen molar-refractivity contribution in [2.24, 2.45) is 0 Å². The summed E-state index contributed by atoms with van der Waals surface area (Å²) in [6, 6.07) is 7.28. The second-order valence-electron chi connectivity index (χ2n) is 6.00. The van der Waals surface area contributed by atoms with Gasteiger partial charge < -0.3 is 5.11 Å². The Bertz CT molecular complexity index is 1040. The van der Waals surface area contributed by atoms with Gasteiger partial charge in [-0.3, -0.25) is 14.7 Å². The smallest absolute Gasteiger partial charge is 0.311 e. The fourth-order valence-electron chi connectivity index (χ4n) is 3.13. The van der Waals surface area contributed by atoms with E-state index in [1.54, 1.807) is 26.0 Å². The number of aryl methyl sites for hydroxylation is 2. The van der Waals surface area contributed by atoms with E-state index in [1.165, 1.54) is 4.52 Å². The van der Waals surface area contributed by atoms with E-state index >= 15 is 0 Å².